The molecule has 292 valence electrons. The number of amides is 2. The molecule has 2 N–H and O–H groups in total. The summed E-state index contributed by atoms with van der Waals surface area (Å²) >= 11 is 11.9. The van der Waals surface area contributed by atoms with Crippen LogP contribution in [0.15, 0.2) is 48.5 Å². The number of nitrogens with zero attached hydrogens (tertiary/aromatic N) is 2. The zero-order chi connectivity index (χ0) is 38.3. The lowest BCUT2D eigenvalue weighted by Crippen LogP contribution is -2.52. The quantitative estimate of drug-likeness (QED) is 0.224. The molecule has 2 heterocycles. The summed E-state index contributed by atoms with van der Waals surface area (Å²) in [5, 5.41) is 8.99. The molecule has 0 spiro atoms. The summed E-state index contributed by atoms with van der Waals surface area (Å²) in [5.41, 5.74) is 1.70. The lowest BCUT2D eigenvalue weighted by Gasteiger charge is -2.39. The number of hydrogen-bond acceptors (Lipinski definition) is 6. The zero-order valence-electron chi connectivity index (χ0n) is 33.1. The number of ether oxygens (including phenoxy) is 2. The first-order valence-corrected chi connectivity index (χ1v) is 20.2. The zero-order valence-corrected chi connectivity index (χ0v) is 34.6. The molecule has 2 aliphatic rings. The van der Waals surface area contributed by atoms with Crippen molar-refractivity contribution in [2.24, 2.45) is 11.8 Å². The third kappa shape index (κ3) is 16.2. The number of halogens is 2. The number of carbonyl (C=O) groups excluding carboxylic acids is 2. The summed E-state index contributed by atoms with van der Waals surface area (Å²) in [5.74, 6) is 0.956. The second-order valence-electron chi connectivity index (χ2n) is 16.4. The van der Waals surface area contributed by atoms with Crippen molar-refractivity contribution in [1.82, 2.24) is 20.4 Å². The van der Waals surface area contributed by atoms with Crippen molar-refractivity contribution in [3.05, 3.63) is 69.7 Å². The molecule has 2 fully saturated rings. The van der Waals surface area contributed by atoms with Gasteiger partial charge in [-0.15, -0.1) is 0 Å². The van der Waals surface area contributed by atoms with Gasteiger partial charge >= 0.3 is 12.2 Å². The first-order chi connectivity index (χ1) is 24.6. The van der Waals surface area contributed by atoms with E-state index in [1.54, 1.807) is 0 Å². The molecule has 4 atom stereocenters. The molecule has 52 heavy (non-hydrogen) atoms. The number of rotatable bonds is 12. The van der Waals surface area contributed by atoms with Gasteiger partial charge in [0.25, 0.3) is 0 Å². The number of nitrogens with one attached hydrogen (secondary N) is 2. The third-order valence-electron chi connectivity index (χ3n) is 9.56. The molecule has 2 aliphatic heterocycles. The van der Waals surface area contributed by atoms with Crippen LogP contribution >= 0.6 is 23.2 Å². The Bertz CT molecular complexity index is 1240. The van der Waals surface area contributed by atoms with E-state index in [9.17, 15) is 9.59 Å². The minimum atomic E-state index is -0.439. The third-order valence-corrected chi connectivity index (χ3v) is 10.1. The highest BCUT2D eigenvalue weighted by molar-refractivity contribution is 6.30. The molecule has 2 saturated heterocycles. The highest BCUT2D eigenvalue weighted by Gasteiger charge is 2.34. The molecule has 8 nitrogen and oxygen atoms in total. The average molecular weight is 762 g/mol. The molecule has 10 heteroatoms. The van der Waals surface area contributed by atoms with Gasteiger partial charge in [-0.25, -0.2) is 9.59 Å². The van der Waals surface area contributed by atoms with E-state index < -0.39 is 11.2 Å². The van der Waals surface area contributed by atoms with Crippen molar-refractivity contribution in [1.29, 1.82) is 0 Å². The lowest BCUT2D eigenvalue weighted by molar-refractivity contribution is 0.0116. The highest BCUT2D eigenvalue weighted by Crippen LogP contribution is 2.25. The molecular weight excluding hydrogens is 695 g/mol. The van der Waals surface area contributed by atoms with Crippen LogP contribution in [0.4, 0.5) is 9.59 Å². The SMILES string of the molecule is CCC[C@H]1CN(C(=O)OC(C)(C)C)CC[C@@H]1NCCc1ccc(Cl)cc1.CCC[C@H]1CN(C(=O)OC(C)(C)C)CC[C@H]1NCCc1ccc(Cl)cc1. The van der Waals surface area contributed by atoms with Crippen LogP contribution in [0.3, 0.4) is 0 Å². The molecule has 2 aromatic rings. The topological polar surface area (TPSA) is 83.1 Å². The van der Waals surface area contributed by atoms with Crippen molar-refractivity contribution in [3.8, 4) is 0 Å². The maximum atomic E-state index is 12.4. The molecular formula is C42H66Cl2N4O4. The van der Waals surface area contributed by atoms with E-state index in [-0.39, 0.29) is 12.2 Å². The maximum Gasteiger partial charge on any atom is 0.410 e. The fourth-order valence-electron chi connectivity index (χ4n) is 7.02. The predicted molar refractivity (Wildman–Crippen MR) is 216 cm³/mol. The normalized spacial score (nSPS) is 20.9. The minimum absolute atomic E-state index is 0.182. The Labute approximate surface area is 324 Å². The van der Waals surface area contributed by atoms with E-state index in [1.165, 1.54) is 11.1 Å². The number of likely N-dealkylation sites (tertiary alicyclic amines) is 2. The van der Waals surface area contributed by atoms with Crippen LogP contribution in [-0.2, 0) is 22.3 Å². The summed E-state index contributed by atoms with van der Waals surface area (Å²) in [6.07, 6.45) is 8.07. The molecule has 0 saturated carbocycles. The van der Waals surface area contributed by atoms with Crippen molar-refractivity contribution >= 4 is 35.4 Å². The van der Waals surface area contributed by atoms with Crippen LogP contribution in [0.5, 0.6) is 0 Å². The summed E-state index contributed by atoms with van der Waals surface area (Å²) < 4.78 is 11.1. The van der Waals surface area contributed by atoms with E-state index in [2.05, 4.69) is 48.7 Å². The van der Waals surface area contributed by atoms with Crippen molar-refractivity contribution in [2.45, 2.75) is 130 Å². The van der Waals surface area contributed by atoms with Gasteiger partial charge in [0.05, 0.1) is 0 Å². The number of benzene rings is 2. The average Bonchev–Trinajstić information content (AvgIpc) is 3.07. The number of carbonyl (C=O) groups is 2. The van der Waals surface area contributed by atoms with E-state index in [0.717, 1.165) is 101 Å². The number of piperidine rings is 2. The van der Waals surface area contributed by atoms with Gasteiger partial charge < -0.3 is 29.9 Å². The molecule has 0 bridgehead atoms. The van der Waals surface area contributed by atoms with Crippen molar-refractivity contribution in [3.63, 3.8) is 0 Å². The molecule has 0 unspecified atom stereocenters. The van der Waals surface area contributed by atoms with Crippen molar-refractivity contribution in [2.75, 3.05) is 39.3 Å². The maximum absolute atomic E-state index is 12.4. The van der Waals surface area contributed by atoms with Crippen LogP contribution in [0.1, 0.15) is 105 Å². The van der Waals surface area contributed by atoms with Gasteiger partial charge in [0.1, 0.15) is 11.2 Å². The molecule has 4 rings (SSSR count). The van der Waals surface area contributed by atoms with E-state index in [1.807, 2.05) is 75.6 Å². The smallest absolute Gasteiger partial charge is 0.410 e. The Hall–Kier alpha value is -2.52. The first-order valence-electron chi connectivity index (χ1n) is 19.5. The predicted octanol–water partition coefficient (Wildman–Crippen LogP) is 9.80. The van der Waals surface area contributed by atoms with E-state index in [0.29, 0.717) is 23.9 Å². The van der Waals surface area contributed by atoms with Crippen LogP contribution in [0.25, 0.3) is 0 Å². The highest BCUT2D eigenvalue weighted by atomic mass is 35.5. The van der Waals surface area contributed by atoms with Crippen LogP contribution in [-0.4, -0.2) is 84.5 Å². The second kappa shape index (κ2) is 21.4. The van der Waals surface area contributed by atoms with Gasteiger partial charge in [-0.3, -0.25) is 0 Å². The van der Waals surface area contributed by atoms with Gasteiger partial charge in [0.2, 0.25) is 0 Å². The second-order valence-corrected chi connectivity index (χ2v) is 17.3. The standard InChI is InChI=1S/2C21H33ClN2O2/c2*1-5-6-17-15-24(20(25)26-21(2,3)4)14-12-19(17)23-13-11-16-7-9-18(22)10-8-16/h2*7-10,17,19,23H,5-6,11-15H2,1-4H3/t17-,19+;17-,19-/m00/s1. The van der Waals surface area contributed by atoms with Crippen LogP contribution in [0.2, 0.25) is 10.0 Å². The van der Waals surface area contributed by atoms with Crippen LogP contribution in [0, 0.1) is 11.8 Å². The van der Waals surface area contributed by atoms with E-state index >= 15 is 0 Å². The largest absolute Gasteiger partial charge is 0.444 e. The monoisotopic (exact) mass is 760 g/mol. The molecule has 2 amide bonds. The Balaban J connectivity index is 0.000000280. The van der Waals surface area contributed by atoms with Gasteiger partial charge in [-0.1, -0.05) is 74.2 Å². The van der Waals surface area contributed by atoms with Crippen LogP contribution < -0.4 is 10.6 Å². The Morgan fingerprint density at radius 1 is 0.654 bits per heavy atom. The summed E-state index contributed by atoms with van der Waals surface area (Å²) in [6, 6.07) is 17.0. The first kappa shape index (κ1) is 43.9. The number of hydrogen-bond donors (Lipinski definition) is 2. The Morgan fingerprint density at radius 3 is 1.31 bits per heavy atom. The van der Waals surface area contributed by atoms with Gasteiger partial charge in [-0.2, -0.15) is 0 Å². The minimum Gasteiger partial charge on any atom is -0.444 e. The molecule has 0 aromatic heterocycles. The molecule has 2 aromatic carbocycles. The lowest BCUT2D eigenvalue weighted by atomic mass is 9.88. The molecule has 0 radical (unpaired) electrons. The van der Waals surface area contributed by atoms with Gasteiger partial charge in [0, 0.05) is 48.3 Å². The van der Waals surface area contributed by atoms with Gasteiger partial charge in [0.15, 0.2) is 0 Å². The fourth-order valence-corrected chi connectivity index (χ4v) is 7.27. The van der Waals surface area contributed by atoms with E-state index in [4.69, 9.17) is 32.7 Å². The Kier molecular flexibility index (Phi) is 18.1. The fraction of sp³-hybridized carbons (Fsp3) is 0.667. The Morgan fingerprint density at radius 2 is 1.00 bits per heavy atom. The van der Waals surface area contributed by atoms with Crippen molar-refractivity contribution < 1.29 is 19.1 Å². The van der Waals surface area contributed by atoms with Gasteiger partial charge in [-0.05, 0) is 140 Å². The molecule has 0 aliphatic carbocycles. The summed E-state index contributed by atoms with van der Waals surface area (Å²) in [7, 11) is 0. The summed E-state index contributed by atoms with van der Waals surface area (Å²) in [6.45, 7) is 20.9. The summed E-state index contributed by atoms with van der Waals surface area (Å²) in [4.78, 5) is 28.5.